The Morgan fingerprint density at radius 2 is 1.72 bits per heavy atom. The summed E-state index contributed by atoms with van der Waals surface area (Å²) >= 11 is 1.47. The molecule has 2 aromatic heterocycles. The Labute approximate surface area is 109 Å². The topological polar surface area (TPSA) is 51.8 Å². The molecule has 2 heterocycles. The molecule has 0 bridgehead atoms. The molecule has 4 heteroatoms. The number of nitrogens with zero attached hydrogens (tertiary/aromatic N) is 2. The monoisotopic (exact) mass is 253 g/mol. The quantitative estimate of drug-likeness (QED) is 0.761. The molecule has 0 fully saturated rings. The summed E-state index contributed by atoms with van der Waals surface area (Å²) in [6.07, 6.45) is 1.78. The van der Waals surface area contributed by atoms with E-state index in [0.717, 1.165) is 21.8 Å². The number of nitrogen functional groups attached to an aromatic ring is 1. The first-order valence-corrected chi connectivity index (χ1v) is 6.39. The molecule has 0 unspecified atom stereocenters. The predicted molar refractivity (Wildman–Crippen MR) is 75.2 cm³/mol. The predicted octanol–water partition coefficient (Wildman–Crippen LogP) is 3.45. The van der Waals surface area contributed by atoms with Gasteiger partial charge in [0.1, 0.15) is 0 Å². The molecule has 2 N–H and O–H groups in total. The summed E-state index contributed by atoms with van der Waals surface area (Å²) in [6.45, 7) is 0. The molecular formula is C14H11N3S. The van der Waals surface area contributed by atoms with Crippen LogP contribution in [0.3, 0.4) is 0 Å². The van der Waals surface area contributed by atoms with E-state index >= 15 is 0 Å². The van der Waals surface area contributed by atoms with E-state index in [-0.39, 0.29) is 0 Å². The van der Waals surface area contributed by atoms with Crippen LogP contribution in [0.25, 0.3) is 21.8 Å². The van der Waals surface area contributed by atoms with E-state index in [2.05, 4.69) is 9.97 Å². The van der Waals surface area contributed by atoms with Crippen LogP contribution in [0.1, 0.15) is 0 Å². The van der Waals surface area contributed by atoms with Gasteiger partial charge in [-0.2, -0.15) is 0 Å². The van der Waals surface area contributed by atoms with Gasteiger partial charge in [0.2, 0.25) is 0 Å². The number of pyridine rings is 1. The van der Waals surface area contributed by atoms with Gasteiger partial charge in [-0.3, -0.25) is 4.98 Å². The van der Waals surface area contributed by atoms with E-state index in [0.29, 0.717) is 5.13 Å². The van der Waals surface area contributed by atoms with Crippen LogP contribution in [-0.4, -0.2) is 9.97 Å². The Bertz CT molecular complexity index is 590. The first-order valence-electron chi connectivity index (χ1n) is 5.58. The summed E-state index contributed by atoms with van der Waals surface area (Å²) in [6, 6.07) is 15.9. The molecule has 3 aromatic rings. The number of hydrogen-bond donors (Lipinski definition) is 1. The molecular weight excluding hydrogens is 242 g/mol. The molecule has 0 aliphatic rings. The minimum atomic E-state index is 0.564. The van der Waals surface area contributed by atoms with Gasteiger partial charge in [0, 0.05) is 11.8 Å². The molecule has 0 saturated heterocycles. The Morgan fingerprint density at radius 3 is 2.44 bits per heavy atom. The fourth-order valence-electron chi connectivity index (χ4n) is 1.80. The Kier molecular flexibility index (Phi) is 2.78. The summed E-state index contributed by atoms with van der Waals surface area (Å²) < 4.78 is 0. The van der Waals surface area contributed by atoms with Crippen molar-refractivity contribution in [3.05, 3.63) is 54.7 Å². The SMILES string of the molecule is Nc1nc(-c2ccccc2)c(-c2ccccn2)s1. The average molecular weight is 253 g/mol. The number of anilines is 1. The normalized spacial score (nSPS) is 10.4. The van der Waals surface area contributed by atoms with Crippen LogP contribution in [0.15, 0.2) is 54.7 Å². The highest BCUT2D eigenvalue weighted by Crippen LogP contribution is 2.36. The lowest BCUT2D eigenvalue weighted by molar-refractivity contribution is 1.33. The third-order valence-electron chi connectivity index (χ3n) is 2.59. The zero-order chi connectivity index (χ0) is 12.4. The maximum atomic E-state index is 5.83. The van der Waals surface area contributed by atoms with E-state index < -0.39 is 0 Å². The summed E-state index contributed by atoms with van der Waals surface area (Å²) in [5, 5.41) is 0.564. The number of nitrogens with two attached hydrogens (primary N) is 1. The highest BCUT2D eigenvalue weighted by Gasteiger charge is 2.13. The van der Waals surface area contributed by atoms with Gasteiger partial charge < -0.3 is 5.73 Å². The molecule has 0 radical (unpaired) electrons. The van der Waals surface area contributed by atoms with Crippen molar-refractivity contribution in [3.8, 4) is 21.8 Å². The number of aromatic nitrogens is 2. The van der Waals surface area contributed by atoms with Crippen molar-refractivity contribution >= 4 is 16.5 Å². The van der Waals surface area contributed by atoms with E-state index in [4.69, 9.17) is 5.73 Å². The van der Waals surface area contributed by atoms with Gasteiger partial charge in [-0.15, -0.1) is 0 Å². The maximum absolute atomic E-state index is 5.83. The number of hydrogen-bond acceptors (Lipinski definition) is 4. The lowest BCUT2D eigenvalue weighted by Crippen LogP contribution is -1.85. The lowest BCUT2D eigenvalue weighted by atomic mass is 10.1. The van der Waals surface area contributed by atoms with Gasteiger partial charge in [0.25, 0.3) is 0 Å². The van der Waals surface area contributed by atoms with Gasteiger partial charge in [-0.25, -0.2) is 4.98 Å². The zero-order valence-corrected chi connectivity index (χ0v) is 10.4. The highest BCUT2D eigenvalue weighted by molar-refractivity contribution is 7.19. The first kappa shape index (κ1) is 10.9. The van der Waals surface area contributed by atoms with E-state index in [1.165, 1.54) is 11.3 Å². The summed E-state index contributed by atoms with van der Waals surface area (Å²) in [5.74, 6) is 0. The molecule has 0 aliphatic heterocycles. The van der Waals surface area contributed by atoms with Crippen molar-refractivity contribution in [2.24, 2.45) is 0 Å². The van der Waals surface area contributed by atoms with Gasteiger partial charge in [-0.05, 0) is 12.1 Å². The Balaban J connectivity index is 2.17. The summed E-state index contributed by atoms with van der Waals surface area (Å²) in [7, 11) is 0. The standard InChI is InChI=1S/C14H11N3S/c15-14-17-12(10-6-2-1-3-7-10)13(18-14)11-8-4-5-9-16-11/h1-9H,(H2,15,17). The fraction of sp³-hybridized carbons (Fsp3) is 0. The van der Waals surface area contributed by atoms with Gasteiger partial charge >= 0.3 is 0 Å². The molecule has 1 aromatic carbocycles. The third-order valence-corrected chi connectivity index (χ3v) is 3.50. The number of thiazole rings is 1. The third kappa shape index (κ3) is 1.98. The molecule has 3 rings (SSSR count). The lowest BCUT2D eigenvalue weighted by Gasteiger charge is -2.01. The largest absolute Gasteiger partial charge is 0.375 e. The molecule has 0 saturated carbocycles. The summed E-state index contributed by atoms with van der Waals surface area (Å²) in [4.78, 5) is 9.79. The van der Waals surface area contributed by atoms with Crippen LogP contribution < -0.4 is 5.73 Å². The second-order valence-electron chi connectivity index (χ2n) is 3.81. The smallest absolute Gasteiger partial charge is 0.181 e. The van der Waals surface area contributed by atoms with Crippen LogP contribution in [0.5, 0.6) is 0 Å². The molecule has 3 nitrogen and oxygen atoms in total. The van der Waals surface area contributed by atoms with E-state index in [1.54, 1.807) is 6.20 Å². The van der Waals surface area contributed by atoms with Crippen LogP contribution in [-0.2, 0) is 0 Å². The van der Waals surface area contributed by atoms with Gasteiger partial charge in [0.15, 0.2) is 5.13 Å². The van der Waals surface area contributed by atoms with Crippen molar-refractivity contribution in [1.82, 2.24) is 9.97 Å². The van der Waals surface area contributed by atoms with Gasteiger partial charge in [0.05, 0.1) is 16.3 Å². The molecule has 0 atom stereocenters. The van der Waals surface area contributed by atoms with Crippen molar-refractivity contribution in [3.63, 3.8) is 0 Å². The minimum absolute atomic E-state index is 0.564. The zero-order valence-electron chi connectivity index (χ0n) is 9.58. The maximum Gasteiger partial charge on any atom is 0.181 e. The van der Waals surface area contributed by atoms with Crippen LogP contribution >= 0.6 is 11.3 Å². The van der Waals surface area contributed by atoms with Crippen LogP contribution in [0, 0.1) is 0 Å². The van der Waals surface area contributed by atoms with E-state index in [9.17, 15) is 0 Å². The first-order chi connectivity index (χ1) is 8.84. The molecule has 88 valence electrons. The molecule has 0 amide bonds. The van der Waals surface area contributed by atoms with E-state index in [1.807, 2.05) is 48.5 Å². The van der Waals surface area contributed by atoms with Gasteiger partial charge in [-0.1, -0.05) is 47.7 Å². The molecule has 18 heavy (non-hydrogen) atoms. The fourth-order valence-corrected chi connectivity index (χ4v) is 2.63. The molecule has 0 aliphatic carbocycles. The van der Waals surface area contributed by atoms with Crippen molar-refractivity contribution in [1.29, 1.82) is 0 Å². The second-order valence-corrected chi connectivity index (χ2v) is 4.84. The van der Waals surface area contributed by atoms with Crippen molar-refractivity contribution in [2.45, 2.75) is 0 Å². The highest BCUT2D eigenvalue weighted by atomic mass is 32.1. The van der Waals surface area contributed by atoms with Crippen LogP contribution in [0.2, 0.25) is 0 Å². The molecule has 0 spiro atoms. The minimum Gasteiger partial charge on any atom is -0.375 e. The van der Waals surface area contributed by atoms with Crippen molar-refractivity contribution in [2.75, 3.05) is 5.73 Å². The average Bonchev–Trinajstić information content (AvgIpc) is 2.83. The van der Waals surface area contributed by atoms with Crippen molar-refractivity contribution < 1.29 is 0 Å². The Hall–Kier alpha value is -2.20. The second kappa shape index (κ2) is 4.58. The Morgan fingerprint density at radius 1 is 0.944 bits per heavy atom. The summed E-state index contributed by atoms with van der Waals surface area (Å²) in [5.41, 5.74) is 8.70. The van der Waals surface area contributed by atoms with Crippen LogP contribution in [0.4, 0.5) is 5.13 Å². The number of rotatable bonds is 2. The number of benzene rings is 1.